The third-order valence-corrected chi connectivity index (χ3v) is 3.33. The Kier molecular flexibility index (Phi) is 6.36. The molecule has 0 bridgehead atoms. The van der Waals surface area contributed by atoms with Crippen LogP contribution in [0.15, 0.2) is 24.3 Å². The summed E-state index contributed by atoms with van der Waals surface area (Å²) in [5.74, 6) is 0.412. The van der Waals surface area contributed by atoms with E-state index in [2.05, 4.69) is 4.52 Å². The van der Waals surface area contributed by atoms with Gasteiger partial charge in [0.15, 0.2) is 0 Å². The number of nitrogens with zero attached hydrogens (tertiary/aromatic N) is 1. The molecule has 0 aliphatic rings. The molecule has 0 radical (unpaired) electrons. The fraction of sp³-hybridized carbons (Fsp3) is 0.462. The summed E-state index contributed by atoms with van der Waals surface area (Å²) in [5.41, 5.74) is 0.473. The van der Waals surface area contributed by atoms with Crippen LogP contribution >= 0.6 is 7.82 Å². The molecule has 0 heterocycles. The maximum absolute atomic E-state index is 12.4. The van der Waals surface area contributed by atoms with Crippen LogP contribution in [-0.4, -0.2) is 46.9 Å². The Morgan fingerprint density at radius 3 is 2.29 bits per heavy atom. The molecule has 1 aromatic rings. The number of ether oxygens (including phenoxy) is 1. The van der Waals surface area contributed by atoms with Gasteiger partial charge in [0.1, 0.15) is 5.75 Å². The van der Waals surface area contributed by atoms with Crippen LogP contribution in [0.25, 0.3) is 0 Å². The van der Waals surface area contributed by atoms with Crippen molar-refractivity contribution in [1.82, 2.24) is 4.90 Å². The molecule has 0 fully saturated rings. The Morgan fingerprint density at radius 1 is 1.29 bits per heavy atom. The fourth-order valence-electron chi connectivity index (χ4n) is 1.75. The highest BCUT2D eigenvalue weighted by Crippen LogP contribution is 2.35. The van der Waals surface area contributed by atoms with E-state index >= 15 is 0 Å². The van der Waals surface area contributed by atoms with Gasteiger partial charge in [-0.15, -0.1) is 0 Å². The Bertz CT molecular complexity index is 510. The first-order valence-corrected chi connectivity index (χ1v) is 7.92. The lowest BCUT2D eigenvalue weighted by Crippen LogP contribution is -2.39. The SMILES string of the molecule is COc1ccc(C(=O)N(CCOP(=O)(O)O)C(C)C)cc1. The molecule has 1 amide bonds. The van der Waals surface area contributed by atoms with Crippen molar-refractivity contribution in [3.8, 4) is 5.75 Å². The van der Waals surface area contributed by atoms with Crippen LogP contribution in [0.4, 0.5) is 0 Å². The molecule has 0 atom stereocenters. The van der Waals surface area contributed by atoms with Gasteiger partial charge in [-0.25, -0.2) is 4.57 Å². The van der Waals surface area contributed by atoms with Gasteiger partial charge in [0.05, 0.1) is 13.7 Å². The zero-order valence-corrected chi connectivity index (χ0v) is 13.1. The number of benzene rings is 1. The van der Waals surface area contributed by atoms with Crippen LogP contribution in [0.5, 0.6) is 5.75 Å². The molecule has 0 saturated carbocycles. The van der Waals surface area contributed by atoms with Crippen molar-refractivity contribution in [2.24, 2.45) is 0 Å². The number of phosphoric acid groups is 1. The van der Waals surface area contributed by atoms with Crippen molar-refractivity contribution in [3.63, 3.8) is 0 Å². The van der Waals surface area contributed by atoms with Crippen molar-refractivity contribution in [2.45, 2.75) is 19.9 Å². The number of phosphoric ester groups is 1. The third kappa shape index (κ3) is 5.85. The average Bonchev–Trinajstić information content (AvgIpc) is 2.41. The summed E-state index contributed by atoms with van der Waals surface area (Å²) in [6.45, 7) is 3.50. The average molecular weight is 317 g/mol. The van der Waals surface area contributed by atoms with Gasteiger partial charge in [0, 0.05) is 18.2 Å². The molecule has 0 spiro atoms. The maximum Gasteiger partial charge on any atom is 0.469 e. The smallest absolute Gasteiger partial charge is 0.469 e. The third-order valence-electron chi connectivity index (χ3n) is 2.81. The Balaban J connectivity index is 2.74. The first-order valence-electron chi connectivity index (χ1n) is 6.39. The molecule has 0 aliphatic carbocycles. The molecule has 0 unspecified atom stereocenters. The van der Waals surface area contributed by atoms with Crippen LogP contribution in [0.3, 0.4) is 0 Å². The first kappa shape index (κ1) is 17.7. The molecular formula is C13H20NO6P. The van der Waals surface area contributed by atoms with Crippen LogP contribution in [-0.2, 0) is 9.09 Å². The van der Waals surface area contributed by atoms with Crippen molar-refractivity contribution in [2.75, 3.05) is 20.3 Å². The zero-order chi connectivity index (χ0) is 16.0. The maximum atomic E-state index is 12.4. The van der Waals surface area contributed by atoms with Gasteiger partial charge in [-0.05, 0) is 38.1 Å². The Labute approximate surface area is 123 Å². The van der Waals surface area contributed by atoms with Crippen LogP contribution in [0, 0.1) is 0 Å². The summed E-state index contributed by atoms with van der Waals surface area (Å²) >= 11 is 0. The van der Waals surface area contributed by atoms with Gasteiger partial charge in [0.2, 0.25) is 0 Å². The monoisotopic (exact) mass is 317 g/mol. The number of hydrogen-bond donors (Lipinski definition) is 2. The Hall–Kier alpha value is -1.40. The number of carbonyl (C=O) groups excluding carboxylic acids is 1. The summed E-state index contributed by atoms with van der Waals surface area (Å²) in [4.78, 5) is 31.2. The highest BCUT2D eigenvalue weighted by molar-refractivity contribution is 7.46. The lowest BCUT2D eigenvalue weighted by Gasteiger charge is -2.26. The van der Waals surface area contributed by atoms with E-state index in [4.69, 9.17) is 14.5 Å². The van der Waals surface area contributed by atoms with E-state index in [0.29, 0.717) is 11.3 Å². The molecule has 0 aliphatic heterocycles. The highest BCUT2D eigenvalue weighted by atomic mass is 31.2. The number of hydrogen-bond acceptors (Lipinski definition) is 4. The predicted octanol–water partition coefficient (Wildman–Crippen LogP) is 1.66. The number of amides is 1. The highest BCUT2D eigenvalue weighted by Gasteiger charge is 2.21. The molecule has 0 saturated heterocycles. The molecule has 21 heavy (non-hydrogen) atoms. The lowest BCUT2D eigenvalue weighted by molar-refractivity contribution is 0.0657. The normalized spacial score (nSPS) is 11.5. The minimum Gasteiger partial charge on any atom is -0.497 e. The largest absolute Gasteiger partial charge is 0.497 e. The molecule has 1 rings (SSSR count). The number of rotatable bonds is 7. The summed E-state index contributed by atoms with van der Waals surface area (Å²) < 4.78 is 20.1. The van der Waals surface area contributed by atoms with Crippen LogP contribution in [0.2, 0.25) is 0 Å². The van der Waals surface area contributed by atoms with E-state index in [-0.39, 0.29) is 25.1 Å². The van der Waals surface area contributed by atoms with Crippen molar-refractivity contribution < 1.29 is 28.4 Å². The van der Waals surface area contributed by atoms with Crippen LogP contribution < -0.4 is 4.74 Å². The number of methoxy groups -OCH3 is 1. The molecular weight excluding hydrogens is 297 g/mol. The zero-order valence-electron chi connectivity index (χ0n) is 12.2. The van der Waals surface area contributed by atoms with Gasteiger partial charge in [-0.1, -0.05) is 0 Å². The quantitative estimate of drug-likeness (QED) is 0.742. The van der Waals surface area contributed by atoms with E-state index in [0.717, 1.165) is 0 Å². The second-order valence-electron chi connectivity index (χ2n) is 4.64. The minimum atomic E-state index is -4.52. The molecule has 8 heteroatoms. The minimum absolute atomic E-state index is 0.0909. The molecule has 1 aromatic carbocycles. The Morgan fingerprint density at radius 2 is 1.86 bits per heavy atom. The van der Waals surface area contributed by atoms with E-state index in [9.17, 15) is 9.36 Å². The van der Waals surface area contributed by atoms with Crippen LogP contribution in [0.1, 0.15) is 24.2 Å². The van der Waals surface area contributed by atoms with E-state index < -0.39 is 7.82 Å². The van der Waals surface area contributed by atoms with Crippen molar-refractivity contribution >= 4 is 13.7 Å². The molecule has 118 valence electrons. The second kappa shape index (κ2) is 7.56. The summed E-state index contributed by atoms with van der Waals surface area (Å²) in [6.07, 6.45) is 0. The van der Waals surface area contributed by atoms with Gasteiger partial charge in [0.25, 0.3) is 5.91 Å². The van der Waals surface area contributed by atoms with Gasteiger partial charge in [-0.2, -0.15) is 0 Å². The van der Waals surface area contributed by atoms with Gasteiger partial charge < -0.3 is 19.4 Å². The number of carbonyl (C=O) groups is 1. The van der Waals surface area contributed by atoms with E-state index in [1.165, 1.54) is 12.0 Å². The fourth-order valence-corrected chi connectivity index (χ4v) is 2.07. The summed E-state index contributed by atoms with van der Waals surface area (Å²) in [6, 6.07) is 6.51. The summed E-state index contributed by atoms with van der Waals surface area (Å²) in [7, 11) is -2.98. The summed E-state index contributed by atoms with van der Waals surface area (Å²) in [5, 5.41) is 0. The molecule has 0 aromatic heterocycles. The van der Waals surface area contributed by atoms with E-state index in [1.807, 2.05) is 13.8 Å². The lowest BCUT2D eigenvalue weighted by atomic mass is 10.1. The van der Waals surface area contributed by atoms with E-state index in [1.54, 1.807) is 24.3 Å². The molecule has 7 nitrogen and oxygen atoms in total. The standard InChI is InChI=1S/C13H20NO6P/c1-10(2)14(8-9-20-21(16,17)18)13(15)11-4-6-12(19-3)7-5-11/h4-7,10H,8-9H2,1-3H3,(H2,16,17,18). The predicted molar refractivity (Wildman–Crippen MR) is 77.2 cm³/mol. The topological polar surface area (TPSA) is 96.3 Å². The van der Waals surface area contributed by atoms with Gasteiger partial charge >= 0.3 is 7.82 Å². The molecule has 2 N–H and O–H groups in total. The first-order chi connectivity index (χ1) is 9.74. The second-order valence-corrected chi connectivity index (χ2v) is 5.88. The van der Waals surface area contributed by atoms with Crippen molar-refractivity contribution in [3.05, 3.63) is 29.8 Å². The van der Waals surface area contributed by atoms with Crippen molar-refractivity contribution in [1.29, 1.82) is 0 Å². The van der Waals surface area contributed by atoms with Gasteiger partial charge in [-0.3, -0.25) is 9.32 Å².